The van der Waals surface area contributed by atoms with Crippen LogP contribution in [0.1, 0.15) is 38.9 Å². The number of ketones is 1. The van der Waals surface area contributed by atoms with Crippen molar-refractivity contribution in [2.75, 3.05) is 12.5 Å². The Hall–Kier alpha value is -2.80. The fourth-order valence-corrected chi connectivity index (χ4v) is 4.48. The standard InChI is InChI=1S/C21H22N4O2S/c1-12-5-6-16(11-13(12)2)19(26)20-18(15-7-9-17(27-4)10-8-15)24-25-14(3)22-23-21(25)28-20/h5-11,18,20,24H,1-4H3/t18-,20-/m0/s1. The van der Waals surface area contributed by atoms with E-state index in [0.717, 1.165) is 22.7 Å². The highest BCUT2D eigenvalue weighted by Gasteiger charge is 2.37. The maximum Gasteiger partial charge on any atom is 0.210 e. The summed E-state index contributed by atoms with van der Waals surface area (Å²) in [4.78, 5) is 13.4. The zero-order valence-corrected chi connectivity index (χ0v) is 17.1. The van der Waals surface area contributed by atoms with E-state index in [1.54, 1.807) is 7.11 Å². The van der Waals surface area contributed by atoms with Crippen LogP contribution in [-0.2, 0) is 0 Å². The molecule has 0 bridgehead atoms. The molecule has 7 heteroatoms. The molecule has 4 rings (SSSR count). The molecule has 1 aliphatic rings. The second-order valence-electron chi connectivity index (χ2n) is 6.95. The molecule has 6 nitrogen and oxygen atoms in total. The largest absolute Gasteiger partial charge is 0.497 e. The average molecular weight is 395 g/mol. The van der Waals surface area contributed by atoms with Crippen molar-refractivity contribution in [3.63, 3.8) is 0 Å². The minimum atomic E-state index is -0.355. The molecular weight excluding hydrogens is 372 g/mol. The fraction of sp³-hybridized carbons (Fsp3) is 0.286. The number of methoxy groups -OCH3 is 1. The molecule has 144 valence electrons. The van der Waals surface area contributed by atoms with E-state index in [4.69, 9.17) is 4.74 Å². The third-order valence-electron chi connectivity index (χ3n) is 5.12. The number of hydrogen-bond donors (Lipinski definition) is 1. The molecular formula is C21H22N4O2S. The summed E-state index contributed by atoms with van der Waals surface area (Å²) < 4.78 is 7.12. The highest BCUT2D eigenvalue weighted by molar-refractivity contribution is 8.00. The number of ether oxygens (including phenoxy) is 1. The lowest BCUT2D eigenvalue weighted by Gasteiger charge is -2.33. The van der Waals surface area contributed by atoms with Crippen LogP contribution in [0.2, 0.25) is 0 Å². The van der Waals surface area contributed by atoms with Gasteiger partial charge in [0.05, 0.1) is 13.2 Å². The average Bonchev–Trinajstić information content (AvgIpc) is 3.08. The smallest absolute Gasteiger partial charge is 0.210 e. The zero-order chi connectivity index (χ0) is 19.8. The van der Waals surface area contributed by atoms with E-state index in [2.05, 4.69) is 15.6 Å². The molecule has 1 aliphatic heterocycles. The topological polar surface area (TPSA) is 69.0 Å². The molecule has 0 amide bonds. The number of fused-ring (bicyclic) bond motifs is 1. The molecule has 3 aromatic rings. The highest BCUT2D eigenvalue weighted by Crippen LogP contribution is 2.39. The van der Waals surface area contributed by atoms with E-state index in [1.807, 2.05) is 67.9 Å². The van der Waals surface area contributed by atoms with Gasteiger partial charge in [-0.05, 0) is 55.7 Å². The maximum absolute atomic E-state index is 13.4. The van der Waals surface area contributed by atoms with Gasteiger partial charge in [-0.1, -0.05) is 36.0 Å². The number of aryl methyl sites for hydroxylation is 3. The number of nitrogens with zero attached hydrogens (tertiary/aromatic N) is 3. The Morgan fingerprint density at radius 3 is 2.50 bits per heavy atom. The third kappa shape index (κ3) is 3.26. The van der Waals surface area contributed by atoms with E-state index in [0.29, 0.717) is 10.7 Å². The number of rotatable bonds is 4. The minimum Gasteiger partial charge on any atom is -0.497 e. The van der Waals surface area contributed by atoms with E-state index >= 15 is 0 Å². The van der Waals surface area contributed by atoms with Gasteiger partial charge in [0.2, 0.25) is 5.16 Å². The number of carbonyl (C=O) groups is 1. The van der Waals surface area contributed by atoms with Crippen molar-refractivity contribution in [3.8, 4) is 5.75 Å². The maximum atomic E-state index is 13.4. The Labute approximate surface area is 168 Å². The number of aromatic nitrogens is 3. The Kier molecular flexibility index (Phi) is 4.85. The normalized spacial score (nSPS) is 18.3. The predicted molar refractivity (Wildman–Crippen MR) is 110 cm³/mol. The van der Waals surface area contributed by atoms with Crippen LogP contribution in [0.5, 0.6) is 5.75 Å². The van der Waals surface area contributed by atoms with Crippen LogP contribution >= 0.6 is 11.8 Å². The first-order chi connectivity index (χ1) is 13.5. The SMILES string of the molecule is COc1ccc([C@@H]2Nn3c(C)nnc3S[C@@H]2C(=O)c2ccc(C)c(C)c2)cc1. The molecule has 0 radical (unpaired) electrons. The summed E-state index contributed by atoms with van der Waals surface area (Å²) in [6.07, 6.45) is 0. The second kappa shape index (κ2) is 7.31. The number of benzene rings is 2. The van der Waals surface area contributed by atoms with Crippen LogP contribution < -0.4 is 10.2 Å². The summed E-state index contributed by atoms with van der Waals surface area (Å²) in [5, 5.41) is 8.70. The predicted octanol–water partition coefficient (Wildman–Crippen LogP) is 3.85. The monoisotopic (exact) mass is 394 g/mol. The number of Topliss-reactive ketones (excluding diaryl/α,β-unsaturated/α-hetero) is 1. The summed E-state index contributed by atoms with van der Waals surface area (Å²) in [6.45, 7) is 5.96. The molecule has 2 heterocycles. The first kappa shape index (κ1) is 18.6. The van der Waals surface area contributed by atoms with Gasteiger partial charge < -0.3 is 10.2 Å². The van der Waals surface area contributed by atoms with Crippen LogP contribution in [0.3, 0.4) is 0 Å². The highest BCUT2D eigenvalue weighted by atomic mass is 32.2. The lowest BCUT2D eigenvalue weighted by molar-refractivity contribution is 0.0980. The van der Waals surface area contributed by atoms with Crippen molar-refractivity contribution >= 4 is 17.5 Å². The van der Waals surface area contributed by atoms with Crippen molar-refractivity contribution in [3.05, 3.63) is 70.5 Å². The first-order valence-corrected chi connectivity index (χ1v) is 9.96. The van der Waals surface area contributed by atoms with Gasteiger partial charge in [-0.25, -0.2) is 4.68 Å². The summed E-state index contributed by atoms with van der Waals surface area (Å²) in [5.41, 5.74) is 7.44. The summed E-state index contributed by atoms with van der Waals surface area (Å²) in [5.74, 6) is 1.62. The Bertz CT molecular complexity index is 1030. The van der Waals surface area contributed by atoms with Gasteiger partial charge in [-0.15, -0.1) is 10.2 Å². The van der Waals surface area contributed by atoms with Crippen LogP contribution in [0.4, 0.5) is 0 Å². The Morgan fingerprint density at radius 2 is 1.82 bits per heavy atom. The number of carbonyl (C=O) groups excluding carboxylic acids is 1. The van der Waals surface area contributed by atoms with Gasteiger partial charge in [0.15, 0.2) is 5.78 Å². The molecule has 2 atom stereocenters. The summed E-state index contributed by atoms with van der Waals surface area (Å²) in [7, 11) is 1.64. The number of thioether (sulfide) groups is 1. The first-order valence-electron chi connectivity index (χ1n) is 9.08. The van der Waals surface area contributed by atoms with Crippen molar-refractivity contribution < 1.29 is 9.53 Å². The quantitative estimate of drug-likeness (QED) is 0.678. The number of nitrogens with one attached hydrogen (secondary N) is 1. The van der Waals surface area contributed by atoms with Crippen molar-refractivity contribution in [2.24, 2.45) is 0 Å². The molecule has 0 spiro atoms. The van der Waals surface area contributed by atoms with E-state index in [9.17, 15) is 4.79 Å². The zero-order valence-electron chi connectivity index (χ0n) is 16.3. The van der Waals surface area contributed by atoms with Crippen LogP contribution in [-0.4, -0.2) is 33.0 Å². The molecule has 1 N–H and O–H groups in total. The molecule has 28 heavy (non-hydrogen) atoms. The molecule has 0 unspecified atom stereocenters. The Morgan fingerprint density at radius 1 is 1.07 bits per heavy atom. The van der Waals surface area contributed by atoms with Gasteiger partial charge >= 0.3 is 0 Å². The fourth-order valence-electron chi connectivity index (χ4n) is 3.28. The van der Waals surface area contributed by atoms with Crippen LogP contribution in [0, 0.1) is 20.8 Å². The molecule has 0 fully saturated rings. The molecule has 0 saturated heterocycles. The van der Waals surface area contributed by atoms with Gasteiger partial charge in [0.25, 0.3) is 0 Å². The lowest BCUT2D eigenvalue weighted by Crippen LogP contribution is -2.39. The van der Waals surface area contributed by atoms with Crippen LogP contribution in [0.25, 0.3) is 0 Å². The second-order valence-corrected chi connectivity index (χ2v) is 8.06. The van der Waals surface area contributed by atoms with E-state index in [-0.39, 0.29) is 17.1 Å². The molecule has 0 saturated carbocycles. The number of hydrogen-bond acceptors (Lipinski definition) is 6. The summed E-state index contributed by atoms with van der Waals surface area (Å²) >= 11 is 1.45. The molecule has 2 aromatic carbocycles. The van der Waals surface area contributed by atoms with E-state index < -0.39 is 0 Å². The van der Waals surface area contributed by atoms with Crippen molar-refractivity contribution in [1.82, 2.24) is 14.9 Å². The van der Waals surface area contributed by atoms with Gasteiger partial charge in [-0.2, -0.15) is 0 Å². The minimum absolute atomic E-state index is 0.0771. The van der Waals surface area contributed by atoms with Gasteiger partial charge in [0.1, 0.15) is 16.8 Å². The molecule has 0 aliphatic carbocycles. The molecule has 1 aromatic heterocycles. The van der Waals surface area contributed by atoms with Crippen LogP contribution in [0.15, 0.2) is 47.6 Å². The van der Waals surface area contributed by atoms with Gasteiger partial charge in [0, 0.05) is 5.56 Å². The van der Waals surface area contributed by atoms with E-state index in [1.165, 1.54) is 17.3 Å². The van der Waals surface area contributed by atoms with Crippen molar-refractivity contribution in [1.29, 1.82) is 0 Å². The summed E-state index contributed by atoms with van der Waals surface area (Å²) in [6, 6.07) is 13.5. The lowest BCUT2D eigenvalue weighted by atomic mass is 9.95. The van der Waals surface area contributed by atoms with Gasteiger partial charge in [-0.3, -0.25) is 4.79 Å². The Balaban J connectivity index is 1.74. The van der Waals surface area contributed by atoms with Crippen molar-refractivity contribution in [2.45, 2.75) is 37.2 Å². The third-order valence-corrected chi connectivity index (χ3v) is 6.34.